The van der Waals surface area contributed by atoms with Gasteiger partial charge in [-0.25, -0.2) is 4.98 Å². The van der Waals surface area contributed by atoms with Crippen LogP contribution < -0.4 is 16.4 Å². The van der Waals surface area contributed by atoms with Crippen molar-refractivity contribution in [2.75, 3.05) is 13.1 Å². The molecule has 1 saturated carbocycles. The van der Waals surface area contributed by atoms with Crippen molar-refractivity contribution in [1.82, 2.24) is 20.5 Å². The second kappa shape index (κ2) is 12.6. The summed E-state index contributed by atoms with van der Waals surface area (Å²) in [6, 6.07) is 6.03. The Morgan fingerprint density at radius 3 is 2.39 bits per heavy atom. The maximum Gasteiger partial charge on any atom is 0.246 e. The zero-order valence-electron chi connectivity index (χ0n) is 24.9. The van der Waals surface area contributed by atoms with Gasteiger partial charge in [-0.1, -0.05) is 57.9 Å². The Balaban J connectivity index is 1.44. The highest BCUT2D eigenvalue weighted by Crippen LogP contribution is 2.40. The fraction of sp³-hybridized carbons (Fsp3) is 0.613. The fourth-order valence-corrected chi connectivity index (χ4v) is 6.96. The fourth-order valence-electron chi connectivity index (χ4n) is 6.15. The van der Waals surface area contributed by atoms with Crippen molar-refractivity contribution in [2.45, 2.75) is 97.4 Å². The van der Waals surface area contributed by atoms with E-state index < -0.39 is 23.6 Å². The molecule has 4 atom stereocenters. The topological polar surface area (TPSA) is 138 Å². The van der Waals surface area contributed by atoms with E-state index in [2.05, 4.69) is 15.6 Å². The van der Waals surface area contributed by atoms with E-state index in [0.717, 1.165) is 47.4 Å². The van der Waals surface area contributed by atoms with Gasteiger partial charge in [0.25, 0.3) is 0 Å². The van der Waals surface area contributed by atoms with Crippen molar-refractivity contribution in [3.05, 3.63) is 41.0 Å². The van der Waals surface area contributed by atoms with Crippen molar-refractivity contribution in [3.8, 4) is 10.4 Å². The van der Waals surface area contributed by atoms with Gasteiger partial charge in [-0.3, -0.25) is 14.4 Å². The van der Waals surface area contributed by atoms with E-state index >= 15 is 0 Å². The molecule has 0 bridgehead atoms. The number of hydrogen-bond donors (Lipinski definition) is 4. The molecule has 0 spiro atoms. The third kappa shape index (κ3) is 7.16. The normalized spacial score (nSPS) is 21.9. The number of aromatic nitrogens is 1. The van der Waals surface area contributed by atoms with Gasteiger partial charge in [-0.15, -0.1) is 11.3 Å². The van der Waals surface area contributed by atoms with Crippen LogP contribution in [0.5, 0.6) is 0 Å². The number of nitrogens with two attached hydrogens (primary N) is 1. The summed E-state index contributed by atoms with van der Waals surface area (Å²) in [7, 11) is 0. The van der Waals surface area contributed by atoms with Crippen molar-refractivity contribution in [2.24, 2.45) is 16.6 Å². The van der Waals surface area contributed by atoms with Gasteiger partial charge in [-0.2, -0.15) is 0 Å². The van der Waals surface area contributed by atoms with Crippen molar-refractivity contribution >= 4 is 29.1 Å². The zero-order valence-corrected chi connectivity index (χ0v) is 25.7. The lowest BCUT2D eigenvalue weighted by Gasteiger charge is -2.36. The predicted octanol–water partition coefficient (Wildman–Crippen LogP) is 3.70. The van der Waals surface area contributed by atoms with E-state index in [-0.39, 0.29) is 48.6 Å². The third-order valence-corrected chi connectivity index (χ3v) is 9.67. The minimum atomic E-state index is -0.841. The van der Waals surface area contributed by atoms with E-state index in [9.17, 15) is 19.5 Å². The second-order valence-corrected chi connectivity index (χ2v) is 13.8. The monoisotopic (exact) mass is 583 g/mol. The van der Waals surface area contributed by atoms with Crippen LogP contribution in [-0.4, -0.2) is 64.0 Å². The molecule has 2 fully saturated rings. The smallest absolute Gasteiger partial charge is 0.246 e. The molecular weight excluding hydrogens is 538 g/mol. The van der Waals surface area contributed by atoms with E-state index in [4.69, 9.17) is 5.73 Å². The number of carbonyl (C=O) groups excluding carboxylic acids is 3. The average Bonchev–Trinajstić information content (AvgIpc) is 3.66. The minimum Gasteiger partial charge on any atom is -0.391 e. The molecular formula is C31H45N5O4S. The number of nitrogens with zero attached hydrogens (tertiary/aromatic N) is 2. The molecule has 1 aromatic carbocycles. The van der Waals surface area contributed by atoms with Crippen molar-refractivity contribution < 1.29 is 19.5 Å². The maximum atomic E-state index is 13.9. The Kier molecular flexibility index (Phi) is 9.56. The molecule has 0 radical (unpaired) electrons. The number of hydrogen-bond acceptors (Lipinski definition) is 7. The number of aliphatic hydroxyl groups is 1. The molecule has 1 aliphatic heterocycles. The molecule has 0 unspecified atom stereocenters. The van der Waals surface area contributed by atoms with Crippen LogP contribution in [0.1, 0.15) is 83.5 Å². The average molecular weight is 584 g/mol. The van der Waals surface area contributed by atoms with Gasteiger partial charge in [0.05, 0.1) is 28.2 Å². The molecule has 41 heavy (non-hydrogen) atoms. The summed E-state index contributed by atoms with van der Waals surface area (Å²) in [5.41, 5.74) is 10.0. The second-order valence-electron chi connectivity index (χ2n) is 13.0. The number of carbonyl (C=O) groups is 3. The molecule has 9 nitrogen and oxygen atoms in total. The van der Waals surface area contributed by atoms with Crippen LogP contribution in [0.4, 0.5) is 0 Å². The number of likely N-dealkylation sites (tertiary alicyclic amines) is 1. The van der Waals surface area contributed by atoms with Crippen LogP contribution in [0.2, 0.25) is 0 Å². The Bertz CT molecular complexity index is 1230. The van der Waals surface area contributed by atoms with Crippen LogP contribution in [-0.2, 0) is 14.4 Å². The molecule has 224 valence electrons. The first kappa shape index (κ1) is 31.1. The first-order valence-corrected chi connectivity index (χ1v) is 15.5. The Morgan fingerprint density at radius 1 is 1.17 bits per heavy atom. The van der Waals surface area contributed by atoms with E-state index in [0.29, 0.717) is 6.54 Å². The van der Waals surface area contributed by atoms with Crippen molar-refractivity contribution in [3.63, 3.8) is 0 Å². The number of benzene rings is 1. The summed E-state index contributed by atoms with van der Waals surface area (Å²) >= 11 is 1.59. The molecule has 2 heterocycles. The zero-order chi connectivity index (χ0) is 29.9. The number of aryl methyl sites for hydroxylation is 1. The standard InChI is InChI=1S/C31H45N5O4S/c1-19(21-8-10-22(11-9-21)26-20(2)33-18-41-26)34-28(39)24-14-23(37)16-36(24)29(40)27(30(3,4)5)35-25(38)15-31(17-32)12-6-7-13-31/h8-11,18-19,23-24,27,37H,6-7,12-17,32H2,1-5H3,(H,34,39)(H,35,38)/t19-,23+,24-,27+/m0/s1. The van der Waals surface area contributed by atoms with Gasteiger partial charge in [0.1, 0.15) is 12.1 Å². The molecule has 10 heteroatoms. The number of aliphatic hydroxyl groups excluding tert-OH is 1. The lowest BCUT2D eigenvalue weighted by atomic mass is 9.81. The van der Waals surface area contributed by atoms with Crippen LogP contribution >= 0.6 is 11.3 Å². The number of thiazole rings is 1. The highest BCUT2D eigenvalue weighted by molar-refractivity contribution is 7.13. The molecule has 1 saturated heterocycles. The first-order valence-electron chi connectivity index (χ1n) is 14.6. The lowest BCUT2D eigenvalue weighted by Crippen LogP contribution is -2.58. The highest BCUT2D eigenvalue weighted by atomic mass is 32.1. The first-order chi connectivity index (χ1) is 19.3. The van der Waals surface area contributed by atoms with Gasteiger partial charge >= 0.3 is 0 Å². The molecule has 2 aliphatic rings. The SMILES string of the molecule is Cc1ncsc1-c1ccc([C@H](C)NC(=O)[C@@H]2C[C@@H](O)CN2C(=O)[C@@H](NC(=O)CC2(CN)CCCC2)C(C)(C)C)cc1. The molecule has 1 aromatic heterocycles. The number of β-amino-alcohol motifs (C(OH)–C–C–N with tert-alkyl or cyclic N) is 1. The lowest BCUT2D eigenvalue weighted by molar-refractivity contribution is -0.144. The van der Waals surface area contributed by atoms with Crippen LogP contribution in [0.15, 0.2) is 29.8 Å². The predicted molar refractivity (Wildman–Crippen MR) is 161 cm³/mol. The van der Waals surface area contributed by atoms with Gasteiger partial charge < -0.3 is 26.4 Å². The van der Waals surface area contributed by atoms with E-state index in [1.165, 1.54) is 4.90 Å². The Morgan fingerprint density at radius 2 is 1.83 bits per heavy atom. The van der Waals surface area contributed by atoms with Crippen LogP contribution in [0.25, 0.3) is 10.4 Å². The summed E-state index contributed by atoms with van der Waals surface area (Å²) in [5, 5.41) is 16.5. The molecule has 4 rings (SSSR count). The summed E-state index contributed by atoms with van der Waals surface area (Å²) < 4.78 is 0. The number of nitrogens with one attached hydrogen (secondary N) is 2. The van der Waals surface area contributed by atoms with Crippen molar-refractivity contribution in [1.29, 1.82) is 0 Å². The van der Waals surface area contributed by atoms with Crippen LogP contribution in [0.3, 0.4) is 0 Å². The van der Waals surface area contributed by atoms with E-state index in [1.54, 1.807) is 11.3 Å². The maximum absolute atomic E-state index is 13.9. The number of rotatable bonds is 9. The Labute approximate surface area is 247 Å². The highest BCUT2D eigenvalue weighted by Gasteiger charge is 2.45. The summed E-state index contributed by atoms with van der Waals surface area (Å²) in [6.45, 7) is 10.1. The third-order valence-electron chi connectivity index (χ3n) is 8.69. The minimum absolute atomic E-state index is 0.0450. The molecule has 3 amide bonds. The molecule has 5 N–H and O–H groups in total. The largest absolute Gasteiger partial charge is 0.391 e. The molecule has 2 aromatic rings. The molecule has 1 aliphatic carbocycles. The summed E-state index contributed by atoms with van der Waals surface area (Å²) in [4.78, 5) is 47.4. The summed E-state index contributed by atoms with van der Waals surface area (Å²) in [5.74, 6) is -0.874. The quantitative estimate of drug-likeness (QED) is 0.355. The van der Waals surface area contributed by atoms with Crippen LogP contribution in [0, 0.1) is 17.8 Å². The number of amides is 3. The Hall–Kier alpha value is -2.82. The van der Waals surface area contributed by atoms with Gasteiger partial charge in [0, 0.05) is 19.4 Å². The summed E-state index contributed by atoms with van der Waals surface area (Å²) in [6.07, 6.45) is 3.56. The van der Waals surface area contributed by atoms with Gasteiger partial charge in [-0.05, 0) is 55.2 Å². The van der Waals surface area contributed by atoms with Gasteiger partial charge in [0.15, 0.2) is 0 Å². The van der Waals surface area contributed by atoms with Gasteiger partial charge in [0.2, 0.25) is 17.7 Å². The van der Waals surface area contributed by atoms with E-state index in [1.807, 2.05) is 64.4 Å².